The van der Waals surface area contributed by atoms with Crippen molar-refractivity contribution < 1.29 is 4.74 Å². The van der Waals surface area contributed by atoms with Gasteiger partial charge in [-0.25, -0.2) is 0 Å². The number of hydrogen-bond donors (Lipinski definition) is 1. The van der Waals surface area contributed by atoms with Crippen molar-refractivity contribution in [3.8, 4) is 0 Å². The molecule has 2 rings (SSSR count). The van der Waals surface area contributed by atoms with Gasteiger partial charge in [0.1, 0.15) is 0 Å². The van der Waals surface area contributed by atoms with Crippen LogP contribution in [0.2, 0.25) is 0 Å². The summed E-state index contributed by atoms with van der Waals surface area (Å²) in [6.07, 6.45) is 2.69. The molecule has 0 aliphatic carbocycles. The Labute approximate surface area is 95.6 Å². The first kappa shape index (κ1) is 11.1. The van der Waals surface area contributed by atoms with Crippen LogP contribution in [0.1, 0.15) is 23.8 Å². The van der Waals surface area contributed by atoms with Crippen LogP contribution in [-0.2, 0) is 11.2 Å². The van der Waals surface area contributed by atoms with Crippen LogP contribution >= 0.6 is 11.3 Å². The normalized spacial score (nSPS) is 26.0. The molecule has 1 aromatic rings. The molecule has 2 heterocycles. The van der Waals surface area contributed by atoms with Crippen molar-refractivity contribution in [3.63, 3.8) is 0 Å². The van der Waals surface area contributed by atoms with E-state index in [1.807, 2.05) is 11.3 Å². The maximum Gasteiger partial charge on any atom is 0.0700 e. The molecule has 0 spiro atoms. The maximum absolute atomic E-state index is 5.52. The highest BCUT2D eigenvalue weighted by Gasteiger charge is 2.22. The van der Waals surface area contributed by atoms with Crippen LogP contribution in [0.25, 0.3) is 0 Å². The van der Waals surface area contributed by atoms with Crippen molar-refractivity contribution in [2.24, 2.45) is 0 Å². The van der Waals surface area contributed by atoms with E-state index in [0.717, 1.165) is 26.0 Å². The SMILES string of the molecule is Cc1ccsc1CCNC1CCOC1C. The van der Waals surface area contributed by atoms with Crippen LogP contribution in [0, 0.1) is 6.92 Å². The van der Waals surface area contributed by atoms with Crippen LogP contribution in [0.5, 0.6) is 0 Å². The van der Waals surface area contributed by atoms with Gasteiger partial charge in [0.2, 0.25) is 0 Å². The summed E-state index contributed by atoms with van der Waals surface area (Å²) >= 11 is 1.86. The standard InChI is InChI=1S/C12H19NOS/c1-9-5-8-15-12(9)3-6-13-11-4-7-14-10(11)2/h5,8,10-11,13H,3-4,6-7H2,1-2H3. The number of rotatable bonds is 4. The third-order valence-corrected chi connectivity index (χ3v) is 4.19. The van der Waals surface area contributed by atoms with Crippen molar-refractivity contribution in [2.75, 3.05) is 13.2 Å². The molecule has 2 nitrogen and oxygen atoms in total. The second-order valence-electron chi connectivity index (χ2n) is 4.20. The van der Waals surface area contributed by atoms with Crippen molar-refractivity contribution in [1.82, 2.24) is 5.32 Å². The molecule has 0 bridgehead atoms. The van der Waals surface area contributed by atoms with E-state index < -0.39 is 0 Å². The molecule has 3 heteroatoms. The van der Waals surface area contributed by atoms with Gasteiger partial charge in [-0.1, -0.05) is 0 Å². The molecule has 0 saturated carbocycles. The lowest BCUT2D eigenvalue weighted by molar-refractivity contribution is 0.113. The van der Waals surface area contributed by atoms with Gasteiger partial charge >= 0.3 is 0 Å². The van der Waals surface area contributed by atoms with E-state index in [4.69, 9.17) is 4.74 Å². The smallest absolute Gasteiger partial charge is 0.0700 e. The highest BCUT2D eigenvalue weighted by atomic mass is 32.1. The molecule has 84 valence electrons. The molecule has 0 radical (unpaired) electrons. The summed E-state index contributed by atoms with van der Waals surface area (Å²) in [4.78, 5) is 1.51. The zero-order valence-electron chi connectivity index (χ0n) is 9.45. The highest BCUT2D eigenvalue weighted by Crippen LogP contribution is 2.16. The molecule has 1 aliphatic heterocycles. The Morgan fingerprint density at radius 3 is 3.07 bits per heavy atom. The Bertz CT molecular complexity index is 310. The summed E-state index contributed by atoms with van der Waals surface area (Å²) in [6.45, 7) is 6.32. The third kappa shape index (κ3) is 2.80. The number of nitrogens with one attached hydrogen (secondary N) is 1. The van der Waals surface area contributed by atoms with E-state index in [9.17, 15) is 0 Å². The lowest BCUT2D eigenvalue weighted by Gasteiger charge is -2.15. The minimum atomic E-state index is 0.384. The molecular weight excluding hydrogens is 206 g/mol. The third-order valence-electron chi connectivity index (χ3n) is 3.10. The predicted octanol–water partition coefficient (Wildman–Crippen LogP) is 2.37. The van der Waals surface area contributed by atoms with Crippen LogP contribution in [0.15, 0.2) is 11.4 Å². The van der Waals surface area contributed by atoms with Crippen LogP contribution in [-0.4, -0.2) is 25.3 Å². The van der Waals surface area contributed by atoms with Crippen LogP contribution < -0.4 is 5.32 Å². The second-order valence-corrected chi connectivity index (χ2v) is 5.20. The quantitative estimate of drug-likeness (QED) is 0.849. The van der Waals surface area contributed by atoms with Gasteiger partial charge in [-0.3, -0.25) is 0 Å². The number of ether oxygens (including phenoxy) is 1. The lowest BCUT2D eigenvalue weighted by Crippen LogP contribution is -2.35. The summed E-state index contributed by atoms with van der Waals surface area (Å²) in [7, 11) is 0. The number of thiophene rings is 1. The van der Waals surface area contributed by atoms with E-state index in [0.29, 0.717) is 12.1 Å². The van der Waals surface area contributed by atoms with Gasteiger partial charge in [0.25, 0.3) is 0 Å². The zero-order valence-corrected chi connectivity index (χ0v) is 10.3. The summed E-state index contributed by atoms with van der Waals surface area (Å²) in [5, 5.41) is 5.75. The molecule has 1 aromatic heterocycles. The molecule has 1 fully saturated rings. The highest BCUT2D eigenvalue weighted by molar-refractivity contribution is 7.10. The average Bonchev–Trinajstić information content (AvgIpc) is 2.78. The Kier molecular flexibility index (Phi) is 3.78. The minimum Gasteiger partial charge on any atom is -0.377 e. The largest absolute Gasteiger partial charge is 0.377 e. The second kappa shape index (κ2) is 5.10. The van der Waals surface area contributed by atoms with Gasteiger partial charge in [0.05, 0.1) is 6.10 Å². The Morgan fingerprint density at radius 2 is 2.47 bits per heavy atom. The van der Waals surface area contributed by atoms with Gasteiger partial charge < -0.3 is 10.1 Å². The minimum absolute atomic E-state index is 0.384. The van der Waals surface area contributed by atoms with Crippen molar-refractivity contribution in [1.29, 1.82) is 0 Å². The summed E-state index contributed by atoms with van der Waals surface area (Å²) in [5.74, 6) is 0. The molecule has 0 aromatic carbocycles. The molecule has 2 unspecified atom stereocenters. The topological polar surface area (TPSA) is 21.3 Å². The van der Waals surface area contributed by atoms with Crippen LogP contribution in [0.4, 0.5) is 0 Å². The van der Waals surface area contributed by atoms with Gasteiger partial charge in [-0.05, 0) is 43.7 Å². The first-order valence-corrected chi connectivity index (χ1v) is 6.53. The molecule has 0 amide bonds. The average molecular weight is 225 g/mol. The fourth-order valence-electron chi connectivity index (χ4n) is 2.03. The summed E-state index contributed by atoms with van der Waals surface area (Å²) < 4.78 is 5.52. The van der Waals surface area contributed by atoms with Crippen LogP contribution in [0.3, 0.4) is 0 Å². The van der Waals surface area contributed by atoms with Gasteiger partial charge in [-0.15, -0.1) is 11.3 Å². The zero-order chi connectivity index (χ0) is 10.7. The Morgan fingerprint density at radius 1 is 1.60 bits per heavy atom. The summed E-state index contributed by atoms with van der Waals surface area (Å²) in [6, 6.07) is 2.76. The lowest BCUT2D eigenvalue weighted by atomic mass is 10.1. The molecule has 15 heavy (non-hydrogen) atoms. The van der Waals surface area contributed by atoms with Gasteiger partial charge in [0.15, 0.2) is 0 Å². The van der Waals surface area contributed by atoms with E-state index in [1.54, 1.807) is 0 Å². The van der Waals surface area contributed by atoms with E-state index >= 15 is 0 Å². The maximum atomic E-state index is 5.52. The molecule has 1 N–H and O–H groups in total. The first-order chi connectivity index (χ1) is 7.27. The monoisotopic (exact) mass is 225 g/mol. The number of aryl methyl sites for hydroxylation is 1. The first-order valence-electron chi connectivity index (χ1n) is 5.65. The Balaban J connectivity index is 1.73. The fourth-order valence-corrected chi connectivity index (χ4v) is 2.94. The van der Waals surface area contributed by atoms with E-state index in [-0.39, 0.29) is 0 Å². The fraction of sp³-hybridized carbons (Fsp3) is 0.667. The molecule has 2 atom stereocenters. The van der Waals surface area contributed by atoms with Gasteiger partial charge in [0, 0.05) is 24.1 Å². The molecule has 1 aliphatic rings. The predicted molar refractivity (Wildman–Crippen MR) is 64.6 cm³/mol. The van der Waals surface area contributed by atoms with Crippen molar-refractivity contribution in [3.05, 3.63) is 21.9 Å². The van der Waals surface area contributed by atoms with Crippen molar-refractivity contribution >= 4 is 11.3 Å². The Hall–Kier alpha value is -0.380. The summed E-state index contributed by atoms with van der Waals surface area (Å²) in [5.41, 5.74) is 1.43. The molecular formula is C12H19NOS. The van der Waals surface area contributed by atoms with E-state index in [1.165, 1.54) is 10.4 Å². The van der Waals surface area contributed by atoms with Gasteiger partial charge in [-0.2, -0.15) is 0 Å². The molecule has 1 saturated heterocycles. The van der Waals surface area contributed by atoms with Crippen molar-refractivity contribution in [2.45, 2.75) is 38.8 Å². The number of hydrogen-bond acceptors (Lipinski definition) is 3. The van der Waals surface area contributed by atoms with E-state index in [2.05, 4.69) is 30.6 Å².